The number of likely N-dealkylation sites (N-methyl/N-ethyl adjacent to an activating group) is 1. The first-order chi connectivity index (χ1) is 6.27. The molecule has 0 saturated heterocycles. The molecule has 0 aromatic carbocycles. The molecule has 1 heterocycles. The highest BCUT2D eigenvalue weighted by Gasteiger charge is 2.18. The van der Waals surface area contributed by atoms with E-state index < -0.39 is 0 Å². The van der Waals surface area contributed by atoms with E-state index in [-0.39, 0.29) is 18.4 Å². The fraction of sp³-hybridized carbons (Fsp3) is 0.700. The van der Waals surface area contributed by atoms with Gasteiger partial charge >= 0.3 is 0 Å². The van der Waals surface area contributed by atoms with Gasteiger partial charge in [0.1, 0.15) is 6.04 Å². The zero-order valence-electron chi connectivity index (χ0n) is 8.96. The van der Waals surface area contributed by atoms with E-state index in [4.69, 9.17) is 5.26 Å². The Kier molecular flexibility index (Phi) is 11.6. The van der Waals surface area contributed by atoms with Crippen LogP contribution in [0.5, 0.6) is 0 Å². The molecule has 0 aliphatic carbocycles. The molecule has 0 aromatic rings. The molecular weight excluding hydrogens is 310 g/mol. The van der Waals surface area contributed by atoms with Gasteiger partial charge in [-0.25, -0.2) is 0 Å². The first kappa shape index (κ1) is 16.6. The van der Waals surface area contributed by atoms with E-state index >= 15 is 0 Å². The van der Waals surface area contributed by atoms with Crippen LogP contribution in [0.3, 0.4) is 0 Å². The van der Waals surface area contributed by atoms with Crippen molar-refractivity contribution >= 4 is 35.0 Å². The average Bonchev–Trinajstić information content (AvgIpc) is 2.22. The van der Waals surface area contributed by atoms with Gasteiger partial charge in [-0.05, 0) is 24.8 Å². The van der Waals surface area contributed by atoms with E-state index in [9.17, 15) is 0 Å². The molecule has 0 spiro atoms. The smallest absolute Gasteiger partial charge is 0.102 e. The fourth-order valence-electron chi connectivity index (χ4n) is 1.32. The first-order valence-electron chi connectivity index (χ1n) is 4.43. The zero-order chi connectivity index (χ0) is 10.3. The van der Waals surface area contributed by atoms with Crippen LogP contribution in [0.15, 0.2) is 11.6 Å². The lowest BCUT2D eigenvalue weighted by Crippen LogP contribution is -2.34. The van der Waals surface area contributed by atoms with Gasteiger partial charge in [-0.3, -0.25) is 4.90 Å². The molecule has 4 heteroatoms. The summed E-state index contributed by atoms with van der Waals surface area (Å²) in [6, 6.07) is 2.41. The van der Waals surface area contributed by atoms with Gasteiger partial charge in [0.2, 0.25) is 0 Å². The van der Waals surface area contributed by atoms with E-state index in [1.165, 1.54) is 5.57 Å². The van der Waals surface area contributed by atoms with Gasteiger partial charge in [0.15, 0.2) is 0 Å². The Morgan fingerprint density at radius 1 is 1.64 bits per heavy atom. The zero-order valence-corrected chi connectivity index (χ0v) is 11.9. The first-order valence-corrected chi connectivity index (χ1v) is 6.59. The van der Waals surface area contributed by atoms with Gasteiger partial charge in [-0.1, -0.05) is 41.2 Å². The highest BCUT2D eigenvalue weighted by Crippen LogP contribution is 2.17. The summed E-state index contributed by atoms with van der Waals surface area (Å²) in [5.74, 6) is 0. The van der Waals surface area contributed by atoms with Gasteiger partial charge in [0.25, 0.3) is 0 Å². The molecule has 0 amide bonds. The molecule has 82 valence electrons. The minimum Gasteiger partial charge on any atom is -0.287 e. The molecule has 1 unspecified atom stereocenters. The third-order valence-corrected chi connectivity index (χ3v) is 2.26. The summed E-state index contributed by atoms with van der Waals surface area (Å²) >= 11 is 2.15. The minimum atomic E-state index is 0. The van der Waals surface area contributed by atoms with Gasteiger partial charge in [-0.2, -0.15) is 5.26 Å². The van der Waals surface area contributed by atoms with Crippen molar-refractivity contribution in [3.05, 3.63) is 11.6 Å². The normalized spacial score (nSPS) is 20.8. The second kappa shape index (κ2) is 9.75. The van der Waals surface area contributed by atoms with E-state index in [1.807, 2.05) is 12.0 Å². The summed E-state index contributed by atoms with van der Waals surface area (Å²) in [4.78, 5) is 4.05. The summed E-state index contributed by atoms with van der Waals surface area (Å²) in [7, 11) is 2.00. The van der Waals surface area contributed by atoms with Crippen LogP contribution in [-0.2, 0) is 0 Å². The molecule has 0 saturated carbocycles. The maximum absolute atomic E-state index is 8.76. The van der Waals surface area contributed by atoms with E-state index in [2.05, 4.69) is 46.6 Å². The maximum Gasteiger partial charge on any atom is 0.102 e. The number of hydrogen-bond donors (Lipinski definition) is 0. The Morgan fingerprint density at radius 2 is 2.21 bits per heavy atom. The third kappa shape index (κ3) is 5.18. The molecule has 1 aliphatic heterocycles. The van der Waals surface area contributed by atoms with E-state index in [0.29, 0.717) is 0 Å². The molecule has 1 rings (SSSR count). The van der Waals surface area contributed by atoms with Crippen LogP contribution in [0.1, 0.15) is 19.8 Å². The maximum atomic E-state index is 8.76. The molecule has 1 aliphatic rings. The number of alkyl halides is 1. The number of rotatable bonds is 1. The lowest BCUT2D eigenvalue weighted by Gasteiger charge is -2.26. The van der Waals surface area contributed by atoms with Crippen molar-refractivity contribution in [2.75, 3.05) is 18.5 Å². The van der Waals surface area contributed by atoms with Crippen molar-refractivity contribution in [1.29, 1.82) is 5.26 Å². The Bertz CT molecular complexity index is 211. The predicted molar refractivity (Wildman–Crippen MR) is 72.2 cm³/mol. The Balaban J connectivity index is 0. The van der Waals surface area contributed by atoms with Crippen molar-refractivity contribution in [3.63, 3.8) is 0 Å². The molecule has 14 heavy (non-hydrogen) atoms. The third-order valence-electron chi connectivity index (χ3n) is 2.26. The molecule has 0 bridgehead atoms. The van der Waals surface area contributed by atoms with Crippen LogP contribution in [-0.4, -0.2) is 29.5 Å². The Morgan fingerprint density at radius 3 is 2.64 bits per heavy atom. The molecule has 1 atom stereocenters. The molecule has 0 fully saturated rings. The van der Waals surface area contributed by atoms with E-state index in [0.717, 1.165) is 19.4 Å². The molecule has 0 aromatic heterocycles. The molecule has 2 nitrogen and oxygen atoms in total. The molecular formula is C10H18ClIN2. The summed E-state index contributed by atoms with van der Waals surface area (Å²) in [5, 5.41) is 8.76. The fourth-order valence-corrected chi connectivity index (χ4v) is 1.32. The van der Waals surface area contributed by atoms with Crippen LogP contribution in [0.2, 0.25) is 0 Å². The van der Waals surface area contributed by atoms with Crippen molar-refractivity contribution < 1.29 is 0 Å². The van der Waals surface area contributed by atoms with Crippen molar-refractivity contribution in [1.82, 2.24) is 4.90 Å². The summed E-state index contributed by atoms with van der Waals surface area (Å²) in [6.45, 7) is 3.08. The van der Waals surface area contributed by atoms with Gasteiger partial charge in [-0.15, -0.1) is 12.4 Å². The SMILES string of the molecule is CCC1=CCN(C)C(C#N)C1.CI.Cl. The van der Waals surface area contributed by atoms with Crippen molar-refractivity contribution in [2.45, 2.75) is 25.8 Å². The highest BCUT2D eigenvalue weighted by molar-refractivity contribution is 14.1. The van der Waals surface area contributed by atoms with E-state index in [1.54, 1.807) is 0 Å². The van der Waals surface area contributed by atoms with Crippen LogP contribution in [0.4, 0.5) is 0 Å². The van der Waals surface area contributed by atoms with Crippen molar-refractivity contribution in [2.24, 2.45) is 0 Å². The number of hydrogen-bond acceptors (Lipinski definition) is 2. The second-order valence-corrected chi connectivity index (χ2v) is 3.00. The predicted octanol–water partition coefficient (Wildman–Crippen LogP) is 3.02. The minimum absolute atomic E-state index is 0. The number of nitrogens with zero attached hydrogens (tertiary/aromatic N) is 2. The number of nitriles is 1. The summed E-state index contributed by atoms with van der Waals surface area (Å²) in [5.41, 5.74) is 1.43. The van der Waals surface area contributed by atoms with Gasteiger partial charge in [0, 0.05) is 6.54 Å². The molecule has 0 N–H and O–H groups in total. The quantitative estimate of drug-likeness (QED) is 0.420. The molecule has 0 radical (unpaired) electrons. The van der Waals surface area contributed by atoms with Crippen LogP contribution >= 0.6 is 35.0 Å². The number of halogens is 2. The summed E-state index contributed by atoms with van der Waals surface area (Å²) in [6.07, 6.45) is 4.25. The monoisotopic (exact) mass is 328 g/mol. The second-order valence-electron chi connectivity index (χ2n) is 3.00. The highest BCUT2D eigenvalue weighted by atomic mass is 127. The van der Waals surface area contributed by atoms with Gasteiger partial charge < -0.3 is 0 Å². The Labute approximate surface area is 107 Å². The van der Waals surface area contributed by atoms with Crippen LogP contribution < -0.4 is 0 Å². The topological polar surface area (TPSA) is 27.0 Å². The van der Waals surface area contributed by atoms with Crippen LogP contribution in [0.25, 0.3) is 0 Å². The van der Waals surface area contributed by atoms with Crippen molar-refractivity contribution in [3.8, 4) is 6.07 Å². The lowest BCUT2D eigenvalue weighted by atomic mass is 10.00. The standard InChI is InChI=1S/C9H14N2.CH3I.ClH/c1-3-8-4-5-11(2)9(6-8)7-10;1-2;/h4,9H,3,5-6H2,1-2H3;1H3;1H. The summed E-state index contributed by atoms with van der Waals surface area (Å²) < 4.78 is 0. The van der Waals surface area contributed by atoms with Crippen LogP contribution in [0, 0.1) is 11.3 Å². The Hall–Kier alpha value is 0.210. The van der Waals surface area contributed by atoms with Gasteiger partial charge in [0.05, 0.1) is 6.07 Å². The lowest BCUT2D eigenvalue weighted by molar-refractivity contribution is 0.299. The largest absolute Gasteiger partial charge is 0.287 e. The average molecular weight is 329 g/mol.